The summed E-state index contributed by atoms with van der Waals surface area (Å²) in [5.41, 5.74) is 0. The minimum Gasteiger partial charge on any atom is -0.383 e. The maximum atomic E-state index is 12.4. The minimum absolute atomic E-state index is 0.0754. The van der Waals surface area contributed by atoms with Crippen molar-refractivity contribution in [2.75, 3.05) is 52.4 Å². The van der Waals surface area contributed by atoms with Crippen LogP contribution in [0.4, 0.5) is 5.82 Å². The Balaban J connectivity index is 1.92. The highest BCUT2D eigenvalue weighted by Crippen LogP contribution is 2.28. The molecule has 0 atom stereocenters. The monoisotopic (exact) mass is 366 g/mol. The summed E-state index contributed by atoms with van der Waals surface area (Å²) in [6, 6.07) is 2.12. The quantitative estimate of drug-likeness (QED) is 0.657. The van der Waals surface area contributed by atoms with E-state index in [1.54, 1.807) is 36.8 Å². The molecule has 2 rings (SSSR count). The van der Waals surface area contributed by atoms with Gasteiger partial charge in [0.05, 0.1) is 18.6 Å². The van der Waals surface area contributed by atoms with Gasteiger partial charge in [0.25, 0.3) is 0 Å². The molecule has 0 aliphatic rings. The van der Waals surface area contributed by atoms with E-state index in [0.29, 0.717) is 39.3 Å². The van der Waals surface area contributed by atoms with Crippen molar-refractivity contribution in [1.29, 1.82) is 0 Å². The fourth-order valence-corrected chi connectivity index (χ4v) is 3.37. The predicted molar refractivity (Wildman–Crippen MR) is 100 cm³/mol. The second-order valence-electron chi connectivity index (χ2n) is 5.55. The van der Waals surface area contributed by atoms with Crippen LogP contribution < -0.4 is 5.32 Å². The molecule has 0 aliphatic heterocycles. The standard InChI is InChI=1S/C17H26N4O3S/c1-4-13-11-14-16(19-12-20-17(14)25-13)18-6-5-15(22)21(7-9-23-2)8-10-24-3/h11-12H,4-10H2,1-3H3,(H,18,19,20). The lowest BCUT2D eigenvalue weighted by molar-refractivity contribution is -0.132. The van der Waals surface area contributed by atoms with Crippen LogP contribution in [0.2, 0.25) is 0 Å². The first-order chi connectivity index (χ1) is 12.2. The fourth-order valence-electron chi connectivity index (χ4n) is 2.43. The van der Waals surface area contributed by atoms with Gasteiger partial charge in [0.2, 0.25) is 5.91 Å². The summed E-state index contributed by atoms with van der Waals surface area (Å²) in [6.45, 7) is 4.83. The van der Waals surface area contributed by atoms with Gasteiger partial charge in [-0.25, -0.2) is 9.97 Å². The molecule has 0 aromatic carbocycles. The second kappa shape index (κ2) is 10.3. The summed E-state index contributed by atoms with van der Waals surface area (Å²) < 4.78 is 10.1. The van der Waals surface area contributed by atoms with Crippen LogP contribution >= 0.6 is 11.3 Å². The molecule has 0 fully saturated rings. The SMILES string of the molecule is CCc1cc2c(NCCC(=O)N(CCOC)CCOC)ncnc2s1. The number of aryl methyl sites for hydroxylation is 1. The van der Waals surface area contributed by atoms with Crippen molar-refractivity contribution in [1.82, 2.24) is 14.9 Å². The van der Waals surface area contributed by atoms with Crippen molar-refractivity contribution in [3.05, 3.63) is 17.3 Å². The van der Waals surface area contributed by atoms with Crippen LogP contribution in [-0.2, 0) is 20.7 Å². The van der Waals surface area contributed by atoms with E-state index in [4.69, 9.17) is 9.47 Å². The topological polar surface area (TPSA) is 76.6 Å². The number of fused-ring (bicyclic) bond motifs is 1. The zero-order valence-corrected chi connectivity index (χ0v) is 15.9. The minimum atomic E-state index is 0.0754. The first-order valence-corrected chi connectivity index (χ1v) is 9.24. The van der Waals surface area contributed by atoms with Gasteiger partial charge >= 0.3 is 0 Å². The molecule has 8 heteroatoms. The molecule has 0 saturated carbocycles. The zero-order chi connectivity index (χ0) is 18.1. The average molecular weight is 366 g/mol. The molecule has 0 unspecified atom stereocenters. The lowest BCUT2D eigenvalue weighted by atomic mass is 10.3. The number of nitrogens with one attached hydrogen (secondary N) is 1. The lowest BCUT2D eigenvalue weighted by Crippen LogP contribution is -2.37. The van der Waals surface area contributed by atoms with Crippen molar-refractivity contribution in [2.24, 2.45) is 0 Å². The Morgan fingerprint density at radius 3 is 2.60 bits per heavy atom. The smallest absolute Gasteiger partial charge is 0.224 e. The molecular weight excluding hydrogens is 340 g/mol. The number of methoxy groups -OCH3 is 2. The van der Waals surface area contributed by atoms with Crippen LogP contribution in [-0.4, -0.2) is 67.8 Å². The van der Waals surface area contributed by atoms with Crippen LogP contribution in [0.5, 0.6) is 0 Å². The third-order valence-corrected chi connectivity index (χ3v) is 5.03. The number of aromatic nitrogens is 2. The molecule has 1 N–H and O–H groups in total. The highest BCUT2D eigenvalue weighted by molar-refractivity contribution is 7.18. The number of anilines is 1. The zero-order valence-electron chi connectivity index (χ0n) is 15.1. The van der Waals surface area contributed by atoms with E-state index in [1.165, 1.54) is 4.88 Å². The van der Waals surface area contributed by atoms with Crippen LogP contribution in [0.1, 0.15) is 18.2 Å². The number of amides is 1. The molecule has 7 nitrogen and oxygen atoms in total. The van der Waals surface area contributed by atoms with Gasteiger partial charge in [-0.2, -0.15) is 0 Å². The molecule has 0 bridgehead atoms. The Kier molecular flexibility index (Phi) is 8.03. The van der Waals surface area contributed by atoms with E-state index in [0.717, 1.165) is 22.5 Å². The molecule has 1 amide bonds. The van der Waals surface area contributed by atoms with Crippen LogP contribution in [0.3, 0.4) is 0 Å². The van der Waals surface area contributed by atoms with Crippen molar-refractivity contribution < 1.29 is 14.3 Å². The van der Waals surface area contributed by atoms with E-state index in [2.05, 4.69) is 28.3 Å². The van der Waals surface area contributed by atoms with Crippen LogP contribution in [0, 0.1) is 0 Å². The molecule has 0 spiro atoms. The Hall–Kier alpha value is -1.77. The molecule has 0 radical (unpaired) electrons. The van der Waals surface area contributed by atoms with Crippen molar-refractivity contribution in [3.63, 3.8) is 0 Å². The lowest BCUT2D eigenvalue weighted by Gasteiger charge is -2.22. The summed E-state index contributed by atoms with van der Waals surface area (Å²) in [5, 5.41) is 4.29. The largest absolute Gasteiger partial charge is 0.383 e. The number of carbonyl (C=O) groups is 1. The molecular formula is C17H26N4O3S. The molecule has 2 aromatic rings. The second-order valence-corrected chi connectivity index (χ2v) is 6.67. The van der Waals surface area contributed by atoms with E-state index in [1.807, 2.05) is 0 Å². The summed E-state index contributed by atoms with van der Waals surface area (Å²) in [6.07, 6.45) is 2.93. The third kappa shape index (κ3) is 5.62. The highest BCUT2D eigenvalue weighted by atomic mass is 32.1. The number of thiophene rings is 1. The molecule has 0 aliphatic carbocycles. The first kappa shape index (κ1) is 19.6. The van der Waals surface area contributed by atoms with Crippen molar-refractivity contribution in [2.45, 2.75) is 19.8 Å². The normalized spacial score (nSPS) is 11.0. The molecule has 2 aromatic heterocycles. The fraction of sp³-hybridized carbons (Fsp3) is 0.588. The third-order valence-electron chi connectivity index (χ3n) is 3.84. The first-order valence-electron chi connectivity index (χ1n) is 8.42. The van der Waals surface area contributed by atoms with Gasteiger partial charge in [-0.15, -0.1) is 11.3 Å². The number of ether oxygens (including phenoxy) is 2. The maximum absolute atomic E-state index is 12.4. The van der Waals surface area contributed by atoms with Crippen molar-refractivity contribution >= 4 is 33.3 Å². The maximum Gasteiger partial charge on any atom is 0.224 e. The van der Waals surface area contributed by atoms with Crippen molar-refractivity contribution in [3.8, 4) is 0 Å². The highest BCUT2D eigenvalue weighted by Gasteiger charge is 2.13. The van der Waals surface area contributed by atoms with Gasteiger partial charge in [0.1, 0.15) is 17.0 Å². The number of nitrogens with zero attached hydrogens (tertiary/aromatic N) is 3. The van der Waals surface area contributed by atoms with E-state index in [-0.39, 0.29) is 5.91 Å². The number of hydrogen-bond donors (Lipinski definition) is 1. The number of carbonyl (C=O) groups excluding carboxylic acids is 1. The van der Waals surface area contributed by atoms with Gasteiger partial charge in [-0.3, -0.25) is 4.79 Å². The Morgan fingerprint density at radius 1 is 1.24 bits per heavy atom. The van der Waals surface area contributed by atoms with Gasteiger partial charge in [-0.05, 0) is 12.5 Å². The predicted octanol–water partition coefficient (Wildman–Crippen LogP) is 2.18. The van der Waals surface area contributed by atoms with Crippen LogP contribution in [0.25, 0.3) is 10.2 Å². The molecule has 2 heterocycles. The summed E-state index contributed by atoms with van der Waals surface area (Å²) in [7, 11) is 3.26. The Morgan fingerprint density at radius 2 is 1.96 bits per heavy atom. The van der Waals surface area contributed by atoms with Gasteiger partial charge in [0, 0.05) is 45.2 Å². The number of rotatable bonds is 11. The number of hydrogen-bond acceptors (Lipinski definition) is 7. The van der Waals surface area contributed by atoms with E-state index < -0.39 is 0 Å². The van der Waals surface area contributed by atoms with Gasteiger partial charge < -0.3 is 19.7 Å². The summed E-state index contributed by atoms with van der Waals surface area (Å²) in [5.74, 6) is 0.862. The molecule has 138 valence electrons. The Labute approximate surface area is 152 Å². The molecule has 0 saturated heterocycles. The van der Waals surface area contributed by atoms with Crippen LogP contribution in [0.15, 0.2) is 12.4 Å². The van der Waals surface area contributed by atoms with Gasteiger partial charge in [-0.1, -0.05) is 6.92 Å². The summed E-state index contributed by atoms with van der Waals surface area (Å²) >= 11 is 1.68. The molecule has 25 heavy (non-hydrogen) atoms. The Bertz CT molecular complexity index is 669. The van der Waals surface area contributed by atoms with E-state index in [9.17, 15) is 4.79 Å². The summed E-state index contributed by atoms with van der Waals surface area (Å²) in [4.78, 5) is 25.1. The average Bonchev–Trinajstić information content (AvgIpc) is 3.06. The van der Waals surface area contributed by atoms with Gasteiger partial charge in [0.15, 0.2) is 0 Å². The van der Waals surface area contributed by atoms with E-state index >= 15 is 0 Å².